The lowest BCUT2D eigenvalue weighted by Crippen LogP contribution is -2.50. The maximum atomic E-state index is 12.2. The van der Waals surface area contributed by atoms with Crippen molar-refractivity contribution in [1.29, 1.82) is 0 Å². The van der Waals surface area contributed by atoms with Crippen molar-refractivity contribution < 1.29 is 47.9 Å². The molecule has 0 aromatic heterocycles. The van der Waals surface area contributed by atoms with E-state index in [0.717, 1.165) is 5.06 Å². The van der Waals surface area contributed by atoms with Crippen molar-refractivity contribution in [3.05, 3.63) is 0 Å². The van der Waals surface area contributed by atoms with Crippen LogP contribution in [0.2, 0.25) is 0 Å². The molecule has 0 rings (SSSR count). The van der Waals surface area contributed by atoms with Crippen LogP contribution in [0, 0.1) is 0 Å². The summed E-state index contributed by atoms with van der Waals surface area (Å²) in [7, 11) is -2.18. The number of hydroxylamine groups is 2. The second-order valence-electron chi connectivity index (χ2n) is 6.11. The number of carbonyl (C=O) groups excluding carboxylic acids is 2. The molecule has 0 bridgehead atoms. The second kappa shape index (κ2) is 10.8. The molecule has 0 fully saturated rings. The number of likely N-dealkylation sites (N-methyl/N-ethyl adjacent to an activating group) is 1. The van der Waals surface area contributed by atoms with Crippen LogP contribution in [0.25, 0.3) is 0 Å². The number of nitrogens with zero attached hydrogens (tertiary/aromatic N) is 1. The molecule has 0 heterocycles. The smallest absolute Gasteiger partial charge is 0.444 e. The number of alkyl carbamates (subject to hydrolysis) is 1. The van der Waals surface area contributed by atoms with E-state index in [1.54, 1.807) is 20.8 Å². The van der Waals surface area contributed by atoms with E-state index in [2.05, 4.69) is 14.4 Å². The Morgan fingerprint density at radius 2 is 1.77 bits per heavy atom. The van der Waals surface area contributed by atoms with E-state index in [-0.39, 0.29) is 0 Å². The van der Waals surface area contributed by atoms with E-state index in [1.807, 2.05) is 0 Å². The van der Waals surface area contributed by atoms with Crippen LogP contribution in [-0.2, 0) is 28.0 Å². The van der Waals surface area contributed by atoms with Crippen LogP contribution in [0.5, 0.6) is 0 Å². The average molecular weight is 402 g/mol. The Bertz CT molecular complexity index is 510. The zero-order valence-corrected chi connectivity index (χ0v) is 16.3. The molecule has 0 aliphatic carbocycles. The topological polar surface area (TPSA) is 164 Å². The summed E-state index contributed by atoms with van der Waals surface area (Å²) < 4.78 is 25.9. The molecule has 26 heavy (non-hydrogen) atoms. The molecule has 0 aliphatic heterocycles. The summed E-state index contributed by atoms with van der Waals surface area (Å²) in [4.78, 5) is 38.2. The molecule has 3 atom stereocenters. The number of carbonyl (C=O) groups is 2. The zero-order valence-electron chi connectivity index (χ0n) is 15.4. The molecular weight excluding hydrogens is 375 g/mol. The molecule has 12 nitrogen and oxygen atoms in total. The number of nitrogens with one attached hydrogen (secondary N) is 1. The van der Waals surface area contributed by atoms with Gasteiger partial charge in [-0.3, -0.25) is 18.7 Å². The first-order chi connectivity index (χ1) is 11.8. The predicted molar refractivity (Wildman–Crippen MR) is 87.8 cm³/mol. The Morgan fingerprint density at radius 3 is 2.23 bits per heavy atom. The Labute approximate surface area is 151 Å². The molecule has 0 aliphatic rings. The molecule has 0 aromatic carbocycles. The van der Waals surface area contributed by atoms with Crippen LogP contribution < -0.4 is 5.32 Å². The van der Waals surface area contributed by atoms with Crippen LogP contribution in [0.3, 0.4) is 0 Å². The lowest BCUT2D eigenvalue weighted by molar-refractivity contribution is -0.171. The standard InChI is InChI=1S/C13H27N2O10P/c1-13(2,3)25-12(19)14-10(11(18)15(4)22-5)8-24-26(20,21)23-7-9(17)6-16/h9-10,16-17H,6-8H2,1-5H3,(H,14,19)(H,20,21)/t9-,10-/m1/s1. The molecule has 13 heteroatoms. The predicted octanol–water partition coefficient (Wildman–Crippen LogP) is -0.614. The fraction of sp³-hybridized carbons (Fsp3) is 0.846. The van der Waals surface area contributed by atoms with E-state index < -0.39 is 57.4 Å². The fourth-order valence-corrected chi connectivity index (χ4v) is 2.15. The minimum Gasteiger partial charge on any atom is -0.444 e. The van der Waals surface area contributed by atoms with E-state index >= 15 is 0 Å². The van der Waals surface area contributed by atoms with Gasteiger partial charge in [0.2, 0.25) is 0 Å². The maximum Gasteiger partial charge on any atom is 0.472 e. The summed E-state index contributed by atoms with van der Waals surface area (Å²) >= 11 is 0. The minimum absolute atomic E-state index is 0.666. The van der Waals surface area contributed by atoms with Gasteiger partial charge >= 0.3 is 13.9 Å². The van der Waals surface area contributed by atoms with Gasteiger partial charge in [-0.2, -0.15) is 0 Å². The highest BCUT2D eigenvalue weighted by atomic mass is 31.2. The van der Waals surface area contributed by atoms with Gasteiger partial charge < -0.3 is 25.2 Å². The van der Waals surface area contributed by atoms with Crippen LogP contribution in [-0.4, -0.2) is 83.9 Å². The van der Waals surface area contributed by atoms with Gasteiger partial charge in [0.05, 0.1) is 26.9 Å². The highest BCUT2D eigenvalue weighted by Crippen LogP contribution is 2.43. The molecule has 154 valence electrons. The van der Waals surface area contributed by atoms with Crippen LogP contribution in [0.15, 0.2) is 0 Å². The van der Waals surface area contributed by atoms with Gasteiger partial charge in [-0.1, -0.05) is 0 Å². The van der Waals surface area contributed by atoms with E-state index in [9.17, 15) is 19.0 Å². The highest BCUT2D eigenvalue weighted by Gasteiger charge is 2.31. The van der Waals surface area contributed by atoms with Gasteiger partial charge in [-0.05, 0) is 20.8 Å². The number of hydrogen-bond donors (Lipinski definition) is 4. The number of rotatable bonds is 10. The summed E-state index contributed by atoms with van der Waals surface area (Å²) in [6, 6.07) is -1.42. The first-order valence-corrected chi connectivity index (χ1v) is 9.03. The fourth-order valence-electron chi connectivity index (χ4n) is 1.37. The number of aliphatic hydroxyl groups is 2. The third kappa shape index (κ3) is 10.7. The Balaban J connectivity index is 4.93. The van der Waals surface area contributed by atoms with Crippen LogP contribution in [0.4, 0.5) is 4.79 Å². The molecule has 0 aromatic rings. The number of phosphoric ester groups is 1. The molecule has 1 unspecified atom stereocenters. The lowest BCUT2D eigenvalue weighted by atomic mass is 10.2. The lowest BCUT2D eigenvalue weighted by Gasteiger charge is -2.25. The van der Waals surface area contributed by atoms with Gasteiger partial charge in [0.15, 0.2) is 0 Å². The maximum absolute atomic E-state index is 12.2. The highest BCUT2D eigenvalue weighted by molar-refractivity contribution is 7.47. The van der Waals surface area contributed by atoms with Gasteiger partial charge in [-0.25, -0.2) is 14.4 Å². The van der Waals surface area contributed by atoms with E-state index in [4.69, 9.17) is 19.8 Å². The summed E-state index contributed by atoms with van der Waals surface area (Å²) in [5, 5.41) is 20.7. The second-order valence-corrected chi connectivity index (χ2v) is 7.57. The Morgan fingerprint density at radius 1 is 1.23 bits per heavy atom. The normalized spacial score (nSPS) is 16.3. The van der Waals surface area contributed by atoms with Crippen molar-refractivity contribution in [2.24, 2.45) is 0 Å². The first kappa shape index (κ1) is 24.7. The van der Waals surface area contributed by atoms with Crippen LogP contribution in [0.1, 0.15) is 20.8 Å². The van der Waals surface area contributed by atoms with Gasteiger partial charge in [-0.15, -0.1) is 0 Å². The summed E-state index contributed by atoms with van der Waals surface area (Å²) in [6.07, 6.45) is -2.33. The Kier molecular flexibility index (Phi) is 10.2. The summed E-state index contributed by atoms with van der Waals surface area (Å²) in [5.74, 6) is -0.784. The zero-order chi connectivity index (χ0) is 20.5. The number of amides is 2. The van der Waals surface area contributed by atoms with Gasteiger partial charge in [0, 0.05) is 7.05 Å². The number of hydrogen-bond acceptors (Lipinski definition) is 9. The third-order valence-corrected chi connectivity index (χ3v) is 3.57. The van der Waals surface area contributed by atoms with Crippen molar-refractivity contribution in [3.8, 4) is 0 Å². The van der Waals surface area contributed by atoms with Crippen LogP contribution >= 0.6 is 7.82 Å². The number of phosphoric acid groups is 1. The minimum atomic E-state index is -4.65. The quantitative estimate of drug-likeness (QED) is 0.274. The van der Waals surface area contributed by atoms with Crippen molar-refractivity contribution in [2.75, 3.05) is 34.0 Å². The SMILES string of the molecule is CON(C)C(=O)[C@@H](COP(=O)(O)OC[C@H](O)CO)NC(=O)OC(C)(C)C. The summed E-state index contributed by atoms with van der Waals surface area (Å²) in [5.41, 5.74) is -0.832. The van der Waals surface area contributed by atoms with Crippen molar-refractivity contribution in [2.45, 2.75) is 38.5 Å². The van der Waals surface area contributed by atoms with Gasteiger partial charge in [0.25, 0.3) is 5.91 Å². The molecule has 0 saturated carbocycles. The van der Waals surface area contributed by atoms with Gasteiger partial charge in [0.1, 0.15) is 17.7 Å². The first-order valence-electron chi connectivity index (χ1n) is 7.53. The molecule has 0 saturated heterocycles. The molecule has 0 radical (unpaired) electrons. The molecule has 4 N–H and O–H groups in total. The molecular formula is C13H27N2O10P. The monoisotopic (exact) mass is 402 g/mol. The third-order valence-electron chi connectivity index (χ3n) is 2.62. The Hall–Kier alpha value is -1.27. The van der Waals surface area contributed by atoms with Crippen molar-refractivity contribution in [3.63, 3.8) is 0 Å². The average Bonchev–Trinajstić information content (AvgIpc) is 2.53. The number of ether oxygens (including phenoxy) is 1. The van der Waals surface area contributed by atoms with Crippen molar-refractivity contribution in [1.82, 2.24) is 10.4 Å². The largest absolute Gasteiger partial charge is 0.472 e. The van der Waals surface area contributed by atoms with E-state index in [1.165, 1.54) is 14.2 Å². The number of aliphatic hydroxyl groups excluding tert-OH is 2. The molecule has 2 amide bonds. The van der Waals surface area contributed by atoms with Crippen molar-refractivity contribution >= 4 is 19.8 Å². The van der Waals surface area contributed by atoms with E-state index in [0.29, 0.717) is 0 Å². The summed E-state index contributed by atoms with van der Waals surface area (Å²) in [6.45, 7) is 2.76. The molecule has 0 spiro atoms.